The van der Waals surface area contributed by atoms with Gasteiger partial charge in [0.05, 0.1) is 19.1 Å². The van der Waals surface area contributed by atoms with Crippen LogP contribution in [0, 0.1) is 0 Å². The van der Waals surface area contributed by atoms with Gasteiger partial charge in [-0.3, -0.25) is 4.57 Å². The highest BCUT2D eigenvalue weighted by Crippen LogP contribution is 2.32. The number of rotatable bonds is 6. The number of ether oxygens (including phenoxy) is 1. The molecular formula is C21H26N8O4. The number of benzene rings is 1. The molecule has 2 fully saturated rings. The van der Waals surface area contributed by atoms with Crippen LogP contribution in [0.4, 0.5) is 17.5 Å². The quantitative estimate of drug-likeness (QED) is 0.254. The van der Waals surface area contributed by atoms with E-state index in [2.05, 4.69) is 42.5 Å². The molecule has 4 heterocycles. The molecule has 0 spiro atoms. The van der Waals surface area contributed by atoms with Crippen molar-refractivity contribution in [1.82, 2.24) is 19.5 Å². The second kappa shape index (κ2) is 8.90. The highest BCUT2D eigenvalue weighted by Gasteiger charge is 2.44. The van der Waals surface area contributed by atoms with Crippen molar-refractivity contribution in [2.45, 2.75) is 37.4 Å². The van der Waals surface area contributed by atoms with E-state index in [0.29, 0.717) is 11.2 Å². The van der Waals surface area contributed by atoms with Gasteiger partial charge in [0.25, 0.3) is 0 Å². The predicted octanol–water partition coefficient (Wildman–Crippen LogP) is 0.0662. The number of hydrogen-bond acceptors (Lipinski definition) is 11. The number of hydrogen-bond donors (Lipinski definition) is 5. The number of fused-ring (bicyclic) bond motifs is 1. The Labute approximate surface area is 189 Å². The zero-order valence-corrected chi connectivity index (χ0v) is 17.8. The van der Waals surface area contributed by atoms with Crippen molar-refractivity contribution in [3.63, 3.8) is 0 Å². The molecule has 1 aromatic carbocycles. The fourth-order valence-electron chi connectivity index (χ4n) is 4.20. The fraction of sp³-hybridized carbons (Fsp3) is 0.429. The van der Waals surface area contributed by atoms with Gasteiger partial charge in [0.1, 0.15) is 23.8 Å². The van der Waals surface area contributed by atoms with Gasteiger partial charge in [-0.15, -0.1) is 0 Å². The van der Waals surface area contributed by atoms with Gasteiger partial charge in [-0.25, -0.2) is 10.4 Å². The lowest BCUT2D eigenvalue weighted by Gasteiger charge is -2.17. The summed E-state index contributed by atoms with van der Waals surface area (Å²) < 4.78 is 7.02. The third-order valence-electron chi connectivity index (χ3n) is 5.98. The second-order valence-corrected chi connectivity index (χ2v) is 8.14. The number of anilines is 3. The van der Waals surface area contributed by atoms with Gasteiger partial charge in [-0.1, -0.05) is 12.1 Å². The average Bonchev–Trinajstić information content (AvgIpc) is 3.55. The Balaban J connectivity index is 1.33. The molecule has 0 bridgehead atoms. The first-order valence-corrected chi connectivity index (χ1v) is 10.8. The Kier molecular flexibility index (Phi) is 5.81. The van der Waals surface area contributed by atoms with Crippen LogP contribution in [0.5, 0.6) is 0 Å². The van der Waals surface area contributed by atoms with Crippen LogP contribution in [0.1, 0.15) is 24.6 Å². The van der Waals surface area contributed by atoms with E-state index in [4.69, 9.17) is 10.5 Å². The fourth-order valence-corrected chi connectivity index (χ4v) is 4.20. The Bertz CT molecular complexity index is 1150. The van der Waals surface area contributed by atoms with E-state index in [1.54, 1.807) is 6.21 Å². The van der Waals surface area contributed by atoms with E-state index in [0.717, 1.165) is 18.7 Å². The number of aliphatic hydroxyl groups excluding tert-OH is 3. The highest BCUT2D eigenvalue weighted by molar-refractivity contribution is 5.83. The van der Waals surface area contributed by atoms with Crippen molar-refractivity contribution in [3.05, 3.63) is 36.2 Å². The predicted molar refractivity (Wildman–Crippen MR) is 122 cm³/mol. The Morgan fingerprint density at radius 2 is 1.91 bits per heavy atom. The molecule has 6 N–H and O–H groups in total. The van der Waals surface area contributed by atoms with E-state index in [1.165, 1.54) is 29.4 Å². The zero-order valence-electron chi connectivity index (χ0n) is 17.8. The lowest BCUT2D eigenvalue weighted by Crippen LogP contribution is -2.33. The summed E-state index contributed by atoms with van der Waals surface area (Å²) in [6, 6.07) is 8.14. The maximum absolute atomic E-state index is 10.3. The van der Waals surface area contributed by atoms with Crippen molar-refractivity contribution in [3.8, 4) is 0 Å². The normalized spacial score (nSPS) is 25.5. The average molecular weight is 454 g/mol. The summed E-state index contributed by atoms with van der Waals surface area (Å²) in [6.07, 6.45) is 1.10. The smallest absolute Gasteiger partial charge is 0.247 e. The minimum absolute atomic E-state index is 0.123. The molecule has 0 aliphatic carbocycles. The van der Waals surface area contributed by atoms with Crippen LogP contribution in [0.3, 0.4) is 0 Å². The molecule has 0 saturated carbocycles. The summed E-state index contributed by atoms with van der Waals surface area (Å²) in [7, 11) is 0. The van der Waals surface area contributed by atoms with Crippen LogP contribution in [0.2, 0.25) is 0 Å². The molecular weight excluding hydrogens is 428 g/mol. The summed E-state index contributed by atoms with van der Waals surface area (Å²) >= 11 is 0. The lowest BCUT2D eigenvalue weighted by molar-refractivity contribution is -0.0511. The zero-order chi connectivity index (χ0) is 22.9. The Hall–Kier alpha value is -3.32. The number of hydrazone groups is 1. The van der Waals surface area contributed by atoms with E-state index in [9.17, 15) is 15.3 Å². The van der Waals surface area contributed by atoms with Crippen molar-refractivity contribution >= 4 is 34.8 Å². The molecule has 0 radical (unpaired) electrons. The minimum Gasteiger partial charge on any atom is -0.394 e. The van der Waals surface area contributed by atoms with Crippen molar-refractivity contribution < 1.29 is 20.1 Å². The molecule has 33 heavy (non-hydrogen) atoms. The van der Waals surface area contributed by atoms with Gasteiger partial charge in [0, 0.05) is 18.8 Å². The molecule has 3 aromatic rings. The molecule has 0 amide bonds. The maximum Gasteiger partial charge on any atom is 0.247 e. The molecule has 12 heteroatoms. The second-order valence-electron chi connectivity index (χ2n) is 8.14. The first-order chi connectivity index (χ1) is 16.0. The summed E-state index contributed by atoms with van der Waals surface area (Å²) in [5.41, 5.74) is 11.5. The molecule has 4 atom stereocenters. The molecule has 2 saturated heterocycles. The van der Waals surface area contributed by atoms with Gasteiger partial charge in [-0.2, -0.15) is 15.1 Å². The van der Waals surface area contributed by atoms with E-state index < -0.39 is 31.1 Å². The minimum atomic E-state index is -1.27. The van der Waals surface area contributed by atoms with Gasteiger partial charge in [0.2, 0.25) is 5.95 Å². The van der Waals surface area contributed by atoms with Crippen LogP contribution in [0.25, 0.3) is 11.2 Å². The summed E-state index contributed by atoms with van der Waals surface area (Å²) in [5, 5.41) is 33.9. The molecule has 0 unspecified atom stereocenters. The van der Waals surface area contributed by atoms with Gasteiger partial charge in [-0.05, 0) is 30.5 Å². The molecule has 2 aliphatic heterocycles. The number of nitrogens with two attached hydrogens (primary N) is 1. The number of nitrogen functional groups attached to an aromatic ring is 1. The van der Waals surface area contributed by atoms with Crippen molar-refractivity contribution in [2.24, 2.45) is 5.10 Å². The summed E-state index contributed by atoms with van der Waals surface area (Å²) in [4.78, 5) is 15.1. The highest BCUT2D eigenvalue weighted by atomic mass is 16.6. The maximum atomic E-state index is 10.3. The first kappa shape index (κ1) is 21.5. The third kappa shape index (κ3) is 4.09. The number of nitrogens with one attached hydrogen (secondary N) is 1. The number of aromatic nitrogens is 4. The number of nitrogens with zero attached hydrogens (tertiary/aromatic N) is 6. The van der Waals surface area contributed by atoms with E-state index in [1.807, 2.05) is 12.1 Å². The molecule has 2 aliphatic rings. The molecule has 2 aromatic heterocycles. The SMILES string of the molecule is Nc1nc(NN=Cc2ccc(N3CCCC3)cc2)nc2c1ncn2[C@@H]1O[C@H](CO)[C@@H](O)[C@H]1O. The largest absolute Gasteiger partial charge is 0.394 e. The first-order valence-electron chi connectivity index (χ1n) is 10.8. The molecule has 5 rings (SSSR count). The van der Waals surface area contributed by atoms with Crippen LogP contribution in [-0.4, -0.2) is 79.1 Å². The van der Waals surface area contributed by atoms with Crippen molar-refractivity contribution in [1.29, 1.82) is 0 Å². The third-order valence-corrected chi connectivity index (χ3v) is 5.98. The van der Waals surface area contributed by atoms with E-state index in [-0.39, 0.29) is 11.8 Å². The standard InChI is InChI=1S/C21H26N8O4/c22-18-15-19(29(11-23-15)20-17(32)16(31)14(10-30)33-20)26-21(25-18)27-24-9-12-3-5-13(6-4-12)28-7-1-2-8-28/h3-6,9,11,14,16-17,20,30-32H,1-2,7-8,10H2,(H3,22,25,26,27)/t14-,16-,17-,20-/m1/s1. The molecule has 174 valence electrons. The summed E-state index contributed by atoms with van der Waals surface area (Å²) in [5.74, 6) is 0.261. The lowest BCUT2D eigenvalue weighted by atomic mass is 10.1. The van der Waals surface area contributed by atoms with Crippen LogP contribution < -0.4 is 16.1 Å². The monoisotopic (exact) mass is 454 g/mol. The Morgan fingerprint density at radius 1 is 1.15 bits per heavy atom. The van der Waals surface area contributed by atoms with Crippen LogP contribution >= 0.6 is 0 Å². The topological polar surface area (TPSA) is 167 Å². The number of aliphatic hydroxyl groups is 3. The van der Waals surface area contributed by atoms with E-state index >= 15 is 0 Å². The van der Waals surface area contributed by atoms with Gasteiger partial charge >= 0.3 is 0 Å². The van der Waals surface area contributed by atoms with Crippen LogP contribution in [-0.2, 0) is 4.74 Å². The number of imidazole rings is 1. The molecule has 12 nitrogen and oxygen atoms in total. The van der Waals surface area contributed by atoms with Gasteiger partial charge < -0.3 is 30.7 Å². The van der Waals surface area contributed by atoms with Crippen molar-refractivity contribution in [2.75, 3.05) is 35.8 Å². The van der Waals surface area contributed by atoms with Crippen LogP contribution in [0.15, 0.2) is 35.7 Å². The van der Waals surface area contributed by atoms with Gasteiger partial charge in [0.15, 0.2) is 17.7 Å². The summed E-state index contributed by atoms with van der Waals surface area (Å²) in [6.45, 7) is 1.75. The Morgan fingerprint density at radius 3 is 2.61 bits per heavy atom.